The smallest absolute Gasteiger partial charge is 0.354 e. The molecule has 0 saturated heterocycles. The standard InChI is InChI=1S/C23H17F3N2O3/c1-2-13-8-10-16-15(12-13)9-11-17-20(16)28-31-22(17,29)21-18(23(24,25)26)19(27-30-21)14-6-4-3-5-7-14/h2-8,10,12,28-29H,1,9,11H2. The summed E-state index contributed by atoms with van der Waals surface area (Å²) in [6, 6.07) is 13.5. The minimum Gasteiger partial charge on any atom is -0.354 e. The van der Waals surface area contributed by atoms with Crippen LogP contribution in [-0.4, -0.2) is 10.3 Å². The van der Waals surface area contributed by atoms with E-state index in [2.05, 4.69) is 17.2 Å². The summed E-state index contributed by atoms with van der Waals surface area (Å²) in [7, 11) is 0. The number of halogens is 3. The number of aromatic nitrogens is 1. The second kappa shape index (κ2) is 6.83. The predicted molar refractivity (Wildman–Crippen MR) is 107 cm³/mol. The zero-order valence-electron chi connectivity index (χ0n) is 16.2. The molecule has 1 atom stereocenters. The highest BCUT2D eigenvalue weighted by Gasteiger charge is 2.54. The molecular weight excluding hydrogens is 409 g/mol. The van der Waals surface area contributed by atoms with E-state index in [1.54, 1.807) is 24.3 Å². The molecule has 0 saturated carbocycles. The van der Waals surface area contributed by atoms with Gasteiger partial charge in [-0.05, 0) is 24.0 Å². The fourth-order valence-corrected chi connectivity index (χ4v) is 4.14. The molecule has 158 valence electrons. The first-order valence-corrected chi connectivity index (χ1v) is 9.61. The van der Waals surface area contributed by atoms with Crippen molar-refractivity contribution < 1.29 is 27.6 Å². The monoisotopic (exact) mass is 426 g/mol. The fourth-order valence-electron chi connectivity index (χ4n) is 4.14. The summed E-state index contributed by atoms with van der Waals surface area (Å²) >= 11 is 0. The van der Waals surface area contributed by atoms with E-state index in [1.165, 1.54) is 12.1 Å². The predicted octanol–water partition coefficient (Wildman–Crippen LogP) is 5.04. The van der Waals surface area contributed by atoms with Gasteiger partial charge in [0.15, 0.2) is 0 Å². The Balaban J connectivity index is 1.67. The van der Waals surface area contributed by atoms with E-state index in [1.807, 2.05) is 18.2 Å². The molecular formula is C23H17F3N2O3. The maximum atomic E-state index is 14.1. The van der Waals surface area contributed by atoms with Crippen molar-refractivity contribution in [2.24, 2.45) is 0 Å². The van der Waals surface area contributed by atoms with Crippen molar-refractivity contribution in [1.29, 1.82) is 0 Å². The van der Waals surface area contributed by atoms with Gasteiger partial charge in [-0.2, -0.15) is 13.2 Å². The van der Waals surface area contributed by atoms with Crippen LogP contribution in [0.3, 0.4) is 0 Å². The second-order valence-electron chi connectivity index (χ2n) is 7.42. The highest BCUT2D eigenvalue weighted by atomic mass is 19.4. The number of aryl methyl sites for hydroxylation is 1. The Bertz CT molecular complexity index is 1210. The SMILES string of the molecule is C=Cc1ccc2c(c1)CCC1=C2NOC1(O)c1onc(-c2ccccc2)c1C(F)(F)F. The van der Waals surface area contributed by atoms with Crippen LogP contribution in [0.1, 0.15) is 34.4 Å². The number of aliphatic hydroxyl groups is 1. The van der Waals surface area contributed by atoms with Crippen LogP contribution in [0, 0.1) is 0 Å². The highest BCUT2D eigenvalue weighted by molar-refractivity contribution is 5.76. The van der Waals surface area contributed by atoms with Crippen LogP contribution in [0.25, 0.3) is 23.0 Å². The molecule has 0 bridgehead atoms. The van der Waals surface area contributed by atoms with Crippen LogP contribution in [0.15, 0.2) is 65.2 Å². The molecule has 0 radical (unpaired) electrons. The van der Waals surface area contributed by atoms with Gasteiger partial charge in [-0.15, -0.1) is 0 Å². The first-order chi connectivity index (χ1) is 14.8. The van der Waals surface area contributed by atoms with E-state index in [-0.39, 0.29) is 17.6 Å². The third kappa shape index (κ3) is 2.98. The molecule has 2 heterocycles. The largest absolute Gasteiger partial charge is 0.422 e. The topological polar surface area (TPSA) is 67.5 Å². The summed E-state index contributed by atoms with van der Waals surface area (Å²) < 4.78 is 47.4. The average Bonchev–Trinajstić information content (AvgIpc) is 3.37. The van der Waals surface area contributed by atoms with Gasteiger partial charge < -0.3 is 9.63 Å². The molecule has 1 aliphatic carbocycles. The molecule has 0 spiro atoms. The van der Waals surface area contributed by atoms with Gasteiger partial charge >= 0.3 is 6.18 Å². The summed E-state index contributed by atoms with van der Waals surface area (Å²) in [6.07, 6.45) is -2.31. The number of nitrogens with zero attached hydrogens (tertiary/aromatic N) is 1. The Morgan fingerprint density at radius 1 is 1.13 bits per heavy atom. The third-order valence-electron chi connectivity index (χ3n) is 5.62. The van der Waals surface area contributed by atoms with E-state index < -0.39 is 29.0 Å². The summed E-state index contributed by atoms with van der Waals surface area (Å²) in [5.41, 5.74) is 4.64. The van der Waals surface area contributed by atoms with Crippen LogP contribution in [-0.2, 0) is 23.2 Å². The van der Waals surface area contributed by atoms with Crippen molar-refractivity contribution in [3.8, 4) is 11.3 Å². The molecule has 2 aromatic carbocycles. The molecule has 3 aromatic rings. The van der Waals surface area contributed by atoms with E-state index >= 15 is 0 Å². The van der Waals surface area contributed by atoms with Crippen molar-refractivity contribution in [3.05, 3.63) is 88.7 Å². The fraction of sp³-hybridized carbons (Fsp3) is 0.174. The van der Waals surface area contributed by atoms with Crippen molar-refractivity contribution in [2.45, 2.75) is 24.8 Å². The van der Waals surface area contributed by atoms with E-state index in [4.69, 9.17) is 9.36 Å². The quantitative estimate of drug-likeness (QED) is 0.614. The van der Waals surface area contributed by atoms with Gasteiger partial charge in [0.25, 0.3) is 5.79 Å². The number of alkyl halides is 3. The number of rotatable bonds is 3. The van der Waals surface area contributed by atoms with E-state index in [9.17, 15) is 18.3 Å². The molecule has 8 heteroatoms. The molecule has 1 aliphatic heterocycles. The molecule has 1 unspecified atom stereocenters. The number of hydrogen-bond acceptors (Lipinski definition) is 5. The van der Waals surface area contributed by atoms with Crippen molar-refractivity contribution in [2.75, 3.05) is 0 Å². The molecule has 5 rings (SSSR count). The van der Waals surface area contributed by atoms with Crippen molar-refractivity contribution in [1.82, 2.24) is 10.6 Å². The molecule has 2 aliphatic rings. The molecule has 1 aromatic heterocycles. The van der Waals surface area contributed by atoms with Gasteiger partial charge in [0.05, 0.1) is 5.70 Å². The highest BCUT2D eigenvalue weighted by Crippen LogP contribution is 2.50. The second-order valence-corrected chi connectivity index (χ2v) is 7.42. The van der Waals surface area contributed by atoms with Gasteiger partial charge in [0, 0.05) is 16.7 Å². The van der Waals surface area contributed by atoms with Gasteiger partial charge in [0.1, 0.15) is 11.3 Å². The summed E-state index contributed by atoms with van der Waals surface area (Å²) in [4.78, 5) is 5.35. The van der Waals surface area contributed by atoms with Gasteiger partial charge in [-0.1, -0.05) is 66.3 Å². The Labute approximate surface area is 175 Å². The van der Waals surface area contributed by atoms with Crippen molar-refractivity contribution in [3.63, 3.8) is 0 Å². The lowest BCUT2D eigenvalue weighted by molar-refractivity contribution is -0.214. The number of hydroxylamine groups is 1. The Kier molecular flexibility index (Phi) is 4.32. The minimum absolute atomic E-state index is 0.222. The Hall–Kier alpha value is -3.36. The van der Waals surface area contributed by atoms with Crippen LogP contribution in [0.4, 0.5) is 13.2 Å². The summed E-state index contributed by atoms with van der Waals surface area (Å²) in [6.45, 7) is 3.75. The number of fused-ring (bicyclic) bond motifs is 2. The first-order valence-electron chi connectivity index (χ1n) is 9.61. The zero-order valence-corrected chi connectivity index (χ0v) is 16.2. The van der Waals surface area contributed by atoms with Crippen LogP contribution >= 0.6 is 0 Å². The molecule has 5 nitrogen and oxygen atoms in total. The van der Waals surface area contributed by atoms with Crippen LogP contribution in [0.5, 0.6) is 0 Å². The van der Waals surface area contributed by atoms with Crippen LogP contribution < -0.4 is 5.48 Å². The van der Waals surface area contributed by atoms with Crippen molar-refractivity contribution >= 4 is 11.8 Å². The third-order valence-corrected chi connectivity index (χ3v) is 5.62. The number of nitrogens with one attached hydrogen (secondary N) is 1. The minimum atomic E-state index is -4.83. The van der Waals surface area contributed by atoms with E-state index in [0.29, 0.717) is 12.1 Å². The summed E-state index contributed by atoms with van der Waals surface area (Å²) in [5.74, 6) is -3.22. The lowest BCUT2D eigenvalue weighted by Crippen LogP contribution is -2.32. The molecule has 0 fully saturated rings. The number of benzene rings is 2. The maximum Gasteiger partial charge on any atom is 0.422 e. The molecule has 2 N–H and O–H groups in total. The van der Waals surface area contributed by atoms with Gasteiger partial charge in [-0.25, -0.2) is 4.84 Å². The first kappa shape index (κ1) is 19.6. The zero-order chi connectivity index (χ0) is 21.8. The van der Waals surface area contributed by atoms with E-state index in [0.717, 1.165) is 16.7 Å². The lowest BCUT2D eigenvalue weighted by atomic mass is 9.84. The normalized spacial score (nSPS) is 20.3. The molecule has 0 amide bonds. The Morgan fingerprint density at radius 2 is 1.90 bits per heavy atom. The molecule has 31 heavy (non-hydrogen) atoms. The van der Waals surface area contributed by atoms with Gasteiger partial charge in [-0.3, -0.25) is 5.48 Å². The number of hydrogen-bond donors (Lipinski definition) is 2. The maximum absolute atomic E-state index is 14.1. The van der Waals surface area contributed by atoms with Crippen LogP contribution in [0.2, 0.25) is 0 Å². The van der Waals surface area contributed by atoms with Gasteiger partial charge in [0.2, 0.25) is 5.76 Å². The summed E-state index contributed by atoms with van der Waals surface area (Å²) in [5, 5.41) is 14.9. The Morgan fingerprint density at radius 3 is 2.61 bits per heavy atom. The lowest BCUT2D eigenvalue weighted by Gasteiger charge is -2.25. The average molecular weight is 426 g/mol.